The van der Waals surface area contributed by atoms with Gasteiger partial charge < -0.3 is 14.8 Å². The fraction of sp³-hybridized carbons (Fsp3) is 1.00. The molecule has 3 heteroatoms. The quantitative estimate of drug-likeness (QED) is 0.422. The highest BCUT2D eigenvalue weighted by molar-refractivity contribution is 4.70. The predicted molar refractivity (Wildman–Crippen MR) is 73.3 cm³/mol. The highest BCUT2D eigenvalue weighted by Gasteiger charge is 2.18. The molecule has 17 heavy (non-hydrogen) atoms. The highest BCUT2D eigenvalue weighted by atomic mass is 16.7. The molecule has 0 amide bonds. The van der Waals surface area contributed by atoms with Crippen LogP contribution in [0.25, 0.3) is 0 Å². The number of nitrogens with one attached hydrogen (secondary N) is 1. The van der Waals surface area contributed by atoms with Crippen molar-refractivity contribution in [2.75, 3.05) is 20.8 Å². The molecule has 1 N–H and O–H groups in total. The summed E-state index contributed by atoms with van der Waals surface area (Å²) in [5.74, 6) is 0. The highest BCUT2D eigenvalue weighted by Crippen LogP contribution is 2.12. The standard InChI is InChI=1S/C14H31NO2/c1-5-7-8-9-10-11-12-13(15-6-2)14(16-3)17-4/h13-15H,5-12H2,1-4H3. The van der Waals surface area contributed by atoms with Crippen LogP contribution in [-0.4, -0.2) is 33.1 Å². The van der Waals surface area contributed by atoms with Crippen molar-refractivity contribution in [3.63, 3.8) is 0 Å². The zero-order chi connectivity index (χ0) is 12.9. The molecule has 0 aliphatic rings. The van der Waals surface area contributed by atoms with Crippen LogP contribution in [0.5, 0.6) is 0 Å². The number of rotatable bonds is 12. The van der Waals surface area contributed by atoms with Gasteiger partial charge in [0.1, 0.15) is 0 Å². The van der Waals surface area contributed by atoms with Gasteiger partial charge in [-0.1, -0.05) is 52.4 Å². The third kappa shape index (κ3) is 8.58. The SMILES string of the molecule is CCCCCCCCC(NCC)C(OC)OC. The molecule has 0 saturated heterocycles. The lowest BCUT2D eigenvalue weighted by Crippen LogP contribution is -2.41. The number of likely N-dealkylation sites (N-methyl/N-ethyl adjacent to an activating group) is 1. The van der Waals surface area contributed by atoms with Crippen LogP contribution in [0.3, 0.4) is 0 Å². The van der Waals surface area contributed by atoms with E-state index in [-0.39, 0.29) is 6.29 Å². The van der Waals surface area contributed by atoms with Gasteiger partial charge in [-0.25, -0.2) is 0 Å². The van der Waals surface area contributed by atoms with Crippen molar-refractivity contribution in [1.82, 2.24) is 5.32 Å². The number of methoxy groups -OCH3 is 2. The van der Waals surface area contributed by atoms with E-state index < -0.39 is 0 Å². The van der Waals surface area contributed by atoms with E-state index in [2.05, 4.69) is 19.2 Å². The summed E-state index contributed by atoms with van der Waals surface area (Å²) in [5.41, 5.74) is 0. The van der Waals surface area contributed by atoms with E-state index in [9.17, 15) is 0 Å². The molecule has 1 unspecified atom stereocenters. The minimum absolute atomic E-state index is 0.120. The molecule has 0 saturated carbocycles. The first kappa shape index (κ1) is 16.9. The summed E-state index contributed by atoms with van der Waals surface area (Å²) in [4.78, 5) is 0. The van der Waals surface area contributed by atoms with Gasteiger partial charge in [-0.15, -0.1) is 0 Å². The Morgan fingerprint density at radius 1 is 0.882 bits per heavy atom. The predicted octanol–water partition coefficient (Wildman–Crippen LogP) is 3.33. The molecule has 3 nitrogen and oxygen atoms in total. The summed E-state index contributed by atoms with van der Waals surface area (Å²) in [6.07, 6.45) is 9.01. The topological polar surface area (TPSA) is 30.5 Å². The second kappa shape index (κ2) is 12.3. The lowest BCUT2D eigenvalue weighted by Gasteiger charge is -2.25. The Labute approximate surface area is 107 Å². The average Bonchev–Trinajstić information content (AvgIpc) is 2.35. The van der Waals surface area contributed by atoms with Gasteiger partial charge >= 0.3 is 0 Å². The van der Waals surface area contributed by atoms with Gasteiger partial charge in [-0.2, -0.15) is 0 Å². The zero-order valence-electron chi connectivity index (χ0n) is 12.1. The van der Waals surface area contributed by atoms with Crippen molar-refractivity contribution < 1.29 is 9.47 Å². The summed E-state index contributed by atoms with van der Waals surface area (Å²) in [5, 5.41) is 3.44. The third-order valence-corrected chi connectivity index (χ3v) is 3.13. The minimum atomic E-state index is -0.120. The summed E-state index contributed by atoms with van der Waals surface area (Å²) >= 11 is 0. The molecule has 0 bridgehead atoms. The summed E-state index contributed by atoms with van der Waals surface area (Å²) < 4.78 is 10.7. The maximum Gasteiger partial charge on any atom is 0.171 e. The second-order valence-electron chi connectivity index (χ2n) is 4.56. The van der Waals surface area contributed by atoms with Crippen molar-refractivity contribution in [3.8, 4) is 0 Å². The second-order valence-corrected chi connectivity index (χ2v) is 4.56. The van der Waals surface area contributed by atoms with Crippen LogP contribution in [0.4, 0.5) is 0 Å². The molecule has 0 fully saturated rings. The number of unbranched alkanes of at least 4 members (excludes halogenated alkanes) is 5. The molecule has 0 aromatic rings. The van der Waals surface area contributed by atoms with Gasteiger partial charge in [0.05, 0.1) is 6.04 Å². The smallest absolute Gasteiger partial charge is 0.171 e. The van der Waals surface area contributed by atoms with Gasteiger partial charge in [-0.3, -0.25) is 0 Å². The van der Waals surface area contributed by atoms with Gasteiger partial charge in [0.15, 0.2) is 6.29 Å². The Bertz CT molecular complexity index is 149. The molecule has 0 aliphatic carbocycles. The van der Waals surface area contributed by atoms with Gasteiger partial charge in [-0.05, 0) is 13.0 Å². The van der Waals surface area contributed by atoms with Crippen LogP contribution in [0.2, 0.25) is 0 Å². The summed E-state index contributed by atoms with van der Waals surface area (Å²) in [6.45, 7) is 5.34. The largest absolute Gasteiger partial charge is 0.354 e. The van der Waals surface area contributed by atoms with Gasteiger partial charge in [0.25, 0.3) is 0 Å². The van der Waals surface area contributed by atoms with E-state index in [1.807, 2.05) is 0 Å². The lowest BCUT2D eigenvalue weighted by molar-refractivity contribution is -0.124. The molecule has 0 heterocycles. The van der Waals surface area contributed by atoms with E-state index in [1.165, 1.54) is 38.5 Å². The van der Waals surface area contributed by atoms with Crippen molar-refractivity contribution in [2.45, 2.75) is 71.1 Å². The first-order valence-corrected chi connectivity index (χ1v) is 7.09. The Kier molecular flexibility index (Phi) is 12.3. The monoisotopic (exact) mass is 245 g/mol. The molecule has 0 aromatic heterocycles. The van der Waals surface area contributed by atoms with Crippen molar-refractivity contribution in [3.05, 3.63) is 0 Å². The lowest BCUT2D eigenvalue weighted by atomic mass is 10.1. The number of hydrogen-bond donors (Lipinski definition) is 1. The van der Waals surface area contributed by atoms with E-state index >= 15 is 0 Å². The summed E-state index contributed by atoms with van der Waals surface area (Å²) in [7, 11) is 3.42. The first-order valence-electron chi connectivity index (χ1n) is 7.09. The van der Waals surface area contributed by atoms with E-state index in [0.717, 1.165) is 13.0 Å². The van der Waals surface area contributed by atoms with Crippen LogP contribution < -0.4 is 5.32 Å². The van der Waals surface area contributed by atoms with Crippen molar-refractivity contribution >= 4 is 0 Å². The maximum absolute atomic E-state index is 5.33. The third-order valence-electron chi connectivity index (χ3n) is 3.13. The molecule has 0 spiro atoms. The molecular formula is C14H31NO2. The van der Waals surface area contributed by atoms with Crippen molar-refractivity contribution in [1.29, 1.82) is 0 Å². The molecular weight excluding hydrogens is 214 g/mol. The van der Waals surface area contributed by atoms with E-state index in [4.69, 9.17) is 9.47 Å². The van der Waals surface area contributed by atoms with Gasteiger partial charge in [0.2, 0.25) is 0 Å². The molecule has 0 aliphatic heterocycles. The molecule has 1 atom stereocenters. The first-order chi connectivity index (χ1) is 8.29. The minimum Gasteiger partial charge on any atom is -0.354 e. The molecule has 0 radical (unpaired) electrons. The molecule has 0 rings (SSSR count). The van der Waals surface area contributed by atoms with Crippen LogP contribution in [0.1, 0.15) is 58.8 Å². The average molecular weight is 245 g/mol. The van der Waals surface area contributed by atoms with Crippen LogP contribution >= 0.6 is 0 Å². The zero-order valence-corrected chi connectivity index (χ0v) is 12.1. The van der Waals surface area contributed by atoms with Gasteiger partial charge in [0, 0.05) is 14.2 Å². The Morgan fingerprint density at radius 3 is 2.00 bits per heavy atom. The number of hydrogen-bond acceptors (Lipinski definition) is 3. The Hall–Kier alpha value is -0.120. The van der Waals surface area contributed by atoms with Crippen LogP contribution in [0.15, 0.2) is 0 Å². The van der Waals surface area contributed by atoms with E-state index in [0.29, 0.717) is 6.04 Å². The van der Waals surface area contributed by atoms with E-state index in [1.54, 1.807) is 14.2 Å². The van der Waals surface area contributed by atoms with Crippen LogP contribution in [-0.2, 0) is 9.47 Å². The Balaban J connectivity index is 3.69. The number of ether oxygens (including phenoxy) is 2. The molecule has 104 valence electrons. The molecule has 0 aromatic carbocycles. The summed E-state index contributed by atoms with van der Waals surface area (Å²) in [6, 6.07) is 0.321. The maximum atomic E-state index is 5.33. The normalized spacial score (nSPS) is 13.2. The fourth-order valence-corrected chi connectivity index (χ4v) is 2.17. The van der Waals surface area contributed by atoms with Crippen molar-refractivity contribution in [2.24, 2.45) is 0 Å². The fourth-order valence-electron chi connectivity index (χ4n) is 2.17. The Morgan fingerprint density at radius 2 is 1.47 bits per heavy atom. The van der Waals surface area contributed by atoms with Crippen LogP contribution in [0, 0.1) is 0 Å².